The highest BCUT2D eigenvalue weighted by Crippen LogP contribution is 2.62. The Balaban J connectivity index is 0. The molecular weight excluding hydrogens is 571 g/mol. The fourth-order valence-electron chi connectivity index (χ4n) is 2.65. The Morgan fingerprint density at radius 2 is 0.778 bits per heavy atom. The van der Waals surface area contributed by atoms with Crippen LogP contribution in [0, 0.1) is 0 Å². The molecule has 0 heterocycles. The van der Waals surface area contributed by atoms with Crippen LogP contribution < -0.4 is 0 Å². The minimum atomic E-state index is -8.52. The molecule has 0 saturated carbocycles. The summed E-state index contributed by atoms with van der Waals surface area (Å²) >= 11 is 0. The van der Waals surface area contributed by atoms with Crippen LogP contribution in [-0.2, 0) is 10.1 Å². The summed E-state index contributed by atoms with van der Waals surface area (Å²) < 4.78 is 220. The molecule has 0 rings (SSSR count). The summed E-state index contributed by atoms with van der Waals surface area (Å²) in [6.45, 7) is 14.2. The standard InChI is InChI=1S/C8H3F15O3S.C8H20N/c9-2(10,1-27(24,25)26)3(11,12)4(13,14)5(15,16)6(17,18)7(19,20)8(21,22)23;1-5-9(6-2,7-3)8-4/h1H2,(H,24,25,26);5-8H2,1-4H3/q;+1/p-1. The highest BCUT2D eigenvalue weighted by molar-refractivity contribution is 7.85. The Hall–Kier alpha value is -1.18. The molecule has 0 saturated heterocycles. The van der Waals surface area contributed by atoms with Crippen LogP contribution in [0.1, 0.15) is 27.7 Å². The Morgan fingerprint density at radius 3 is 0.972 bits per heavy atom. The van der Waals surface area contributed by atoms with Gasteiger partial charge in [0.2, 0.25) is 0 Å². The second kappa shape index (κ2) is 10.9. The number of nitrogens with zero attached hydrogens (tertiary/aromatic N) is 1. The minimum absolute atomic E-state index is 1.28. The third kappa shape index (κ3) is 6.63. The summed E-state index contributed by atoms with van der Waals surface area (Å²) in [5.41, 5.74) is 0. The zero-order valence-electron chi connectivity index (χ0n) is 18.8. The second-order valence-corrected chi connectivity index (χ2v) is 8.79. The van der Waals surface area contributed by atoms with E-state index in [0.717, 1.165) is 0 Å². The molecule has 36 heavy (non-hydrogen) atoms. The lowest BCUT2D eigenvalue weighted by molar-refractivity contribution is -0.921. The van der Waals surface area contributed by atoms with Crippen LogP contribution in [0.3, 0.4) is 0 Å². The van der Waals surface area contributed by atoms with Crippen molar-refractivity contribution >= 4 is 10.1 Å². The van der Waals surface area contributed by atoms with E-state index >= 15 is 0 Å². The van der Waals surface area contributed by atoms with E-state index in [-0.39, 0.29) is 0 Å². The van der Waals surface area contributed by atoms with Crippen molar-refractivity contribution < 1.29 is 83.3 Å². The summed E-state index contributed by atoms with van der Waals surface area (Å²) in [6, 6.07) is 0. The quantitative estimate of drug-likeness (QED) is 0.173. The van der Waals surface area contributed by atoms with Crippen molar-refractivity contribution in [2.24, 2.45) is 0 Å². The molecule has 0 spiro atoms. The van der Waals surface area contributed by atoms with E-state index < -0.39 is 57.6 Å². The first-order valence-electron chi connectivity index (χ1n) is 9.57. The zero-order chi connectivity index (χ0) is 30.0. The van der Waals surface area contributed by atoms with Crippen LogP contribution in [0.2, 0.25) is 0 Å². The summed E-state index contributed by atoms with van der Waals surface area (Å²) in [6.07, 6.45) is -7.73. The molecule has 0 unspecified atom stereocenters. The first-order chi connectivity index (χ1) is 15.4. The molecule has 0 atom stereocenters. The number of halogens is 15. The van der Waals surface area contributed by atoms with E-state index in [0.29, 0.717) is 0 Å². The fraction of sp³-hybridized carbons (Fsp3) is 1.00. The maximum Gasteiger partial charge on any atom is 0.460 e. The number of hydrogen-bond acceptors (Lipinski definition) is 3. The molecule has 4 nitrogen and oxygen atoms in total. The van der Waals surface area contributed by atoms with Crippen molar-refractivity contribution in [1.82, 2.24) is 0 Å². The van der Waals surface area contributed by atoms with E-state index in [4.69, 9.17) is 0 Å². The molecule has 0 radical (unpaired) electrons. The van der Waals surface area contributed by atoms with Gasteiger partial charge in [-0.05, 0) is 27.7 Å². The van der Waals surface area contributed by atoms with E-state index in [2.05, 4.69) is 27.7 Å². The zero-order valence-corrected chi connectivity index (χ0v) is 19.6. The monoisotopic (exact) mass is 593 g/mol. The van der Waals surface area contributed by atoms with Gasteiger partial charge in [0.15, 0.2) is 0 Å². The molecule has 20 heteroatoms. The van der Waals surface area contributed by atoms with Crippen molar-refractivity contribution in [2.75, 3.05) is 31.9 Å². The highest BCUT2D eigenvalue weighted by Gasteiger charge is 2.93. The number of quaternary nitrogens is 1. The van der Waals surface area contributed by atoms with Gasteiger partial charge in [0.25, 0.3) is 0 Å². The van der Waals surface area contributed by atoms with Crippen LogP contribution in [0.4, 0.5) is 65.9 Å². The molecule has 0 N–H and O–H groups in total. The molecule has 0 aromatic rings. The molecule has 220 valence electrons. The van der Waals surface area contributed by atoms with Crippen LogP contribution in [-0.4, -0.2) is 91.1 Å². The molecule has 0 aromatic heterocycles. The lowest BCUT2D eigenvalue weighted by Gasteiger charge is -2.41. The Bertz CT molecular complexity index is 804. The van der Waals surface area contributed by atoms with E-state index in [1.54, 1.807) is 0 Å². The molecule has 0 bridgehead atoms. The van der Waals surface area contributed by atoms with Gasteiger partial charge in [0.05, 0.1) is 26.2 Å². The van der Waals surface area contributed by atoms with Gasteiger partial charge in [0.1, 0.15) is 15.9 Å². The molecular formula is C16H22F15NO3S. The number of hydrogen-bond donors (Lipinski definition) is 0. The molecule has 0 aliphatic carbocycles. The van der Waals surface area contributed by atoms with Crippen LogP contribution in [0.25, 0.3) is 0 Å². The van der Waals surface area contributed by atoms with Crippen LogP contribution >= 0.6 is 0 Å². The molecule has 0 aliphatic heterocycles. The summed E-state index contributed by atoms with van der Waals surface area (Å²) in [4.78, 5) is 0. The Labute approximate surface area is 195 Å². The van der Waals surface area contributed by atoms with Gasteiger partial charge in [-0.25, -0.2) is 8.42 Å². The van der Waals surface area contributed by atoms with Crippen LogP contribution in [0.5, 0.6) is 0 Å². The highest BCUT2D eigenvalue weighted by atomic mass is 32.2. The second-order valence-electron chi connectivity index (χ2n) is 7.38. The SMILES string of the molecule is CC[N+](CC)(CC)CC.O=S(=O)([O-])CC(F)(F)C(F)(F)C(F)(F)C(F)(F)C(F)(F)C(F)(F)C(F)(F)F. The fourth-order valence-corrected chi connectivity index (χ4v) is 3.28. The van der Waals surface area contributed by atoms with Gasteiger partial charge >= 0.3 is 41.7 Å². The average molecular weight is 593 g/mol. The lowest BCUT2D eigenvalue weighted by atomic mass is 9.91. The summed E-state index contributed by atoms with van der Waals surface area (Å²) in [5, 5.41) is 0. The van der Waals surface area contributed by atoms with Crippen molar-refractivity contribution in [2.45, 2.75) is 69.4 Å². The Kier molecular flexibility index (Phi) is 11.2. The smallest absolute Gasteiger partial charge is 0.460 e. The molecule has 0 fully saturated rings. The van der Waals surface area contributed by atoms with E-state index in [9.17, 15) is 78.8 Å². The summed E-state index contributed by atoms with van der Waals surface area (Å²) in [5.74, 6) is -52.4. The van der Waals surface area contributed by atoms with Gasteiger partial charge in [-0.15, -0.1) is 0 Å². The van der Waals surface area contributed by atoms with Gasteiger partial charge in [-0.3, -0.25) is 0 Å². The van der Waals surface area contributed by atoms with E-state index in [1.165, 1.54) is 30.7 Å². The third-order valence-electron chi connectivity index (χ3n) is 5.43. The third-order valence-corrected chi connectivity index (χ3v) is 6.15. The number of alkyl halides is 15. The number of rotatable bonds is 11. The molecule has 0 aliphatic rings. The topological polar surface area (TPSA) is 57.2 Å². The molecule has 0 amide bonds. The first kappa shape index (κ1) is 37.0. The average Bonchev–Trinajstić information content (AvgIpc) is 2.67. The predicted molar refractivity (Wildman–Crippen MR) is 92.7 cm³/mol. The van der Waals surface area contributed by atoms with Gasteiger partial charge in [-0.1, -0.05) is 0 Å². The summed E-state index contributed by atoms with van der Waals surface area (Å²) in [7, 11) is -6.63. The normalized spacial score (nSPS) is 15.4. The Morgan fingerprint density at radius 1 is 0.528 bits per heavy atom. The maximum absolute atomic E-state index is 13.0. The van der Waals surface area contributed by atoms with Crippen molar-refractivity contribution in [3.8, 4) is 0 Å². The van der Waals surface area contributed by atoms with E-state index in [1.807, 2.05) is 0 Å². The van der Waals surface area contributed by atoms with Gasteiger partial charge < -0.3 is 9.04 Å². The lowest BCUT2D eigenvalue weighted by Crippen LogP contribution is -2.73. The van der Waals surface area contributed by atoms with Crippen LogP contribution in [0.15, 0.2) is 0 Å². The minimum Gasteiger partial charge on any atom is -0.748 e. The molecule has 0 aromatic carbocycles. The van der Waals surface area contributed by atoms with Gasteiger partial charge in [-0.2, -0.15) is 65.9 Å². The predicted octanol–water partition coefficient (Wildman–Crippen LogP) is 5.79. The van der Waals surface area contributed by atoms with Gasteiger partial charge in [0, 0.05) is 0 Å². The van der Waals surface area contributed by atoms with Crippen molar-refractivity contribution in [3.63, 3.8) is 0 Å². The largest absolute Gasteiger partial charge is 0.748 e. The first-order valence-corrected chi connectivity index (χ1v) is 11.1. The van der Waals surface area contributed by atoms with Crippen molar-refractivity contribution in [1.29, 1.82) is 0 Å². The van der Waals surface area contributed by atoms with Crippen molar-refractivity contribution in [3.05, 3.63) is 0 Å². The maximum atomic E-state index is 13.0.